The van der Waals surface area contributed by atoms with Gasteiger partial charge in [0.15, 0.2) is 0 Å². The summed E-state index contributed by atoms with van der Waals surface area (Å²) in [5.41, 5.74) is 4.94. The Morgan fingerprint density at radius 3 is 2.65 bits per heavy atom. The van der Waals surface area contributed by atoms with E-state index in [1.165, 1.54) is 12.1 Å². The Kier molecular flexibility index (Phi) is 5.19. The van der Waals surface area contributed by atoms with E-state index >= 15 is 0 Å². The van der Waals surface area contributed by atoms with Gasteiger partial charge in [0.25, 0.3) is 5.69 Å². The third kappa shape index (κ3) is 3.68. The van der Waals surface area contributed by atoms with E-state index in [9.17, 15) is 10.1 Å². The van der Waals surface area contributed by atoms with E-state index in [1.54, 1.807) is 19.2 Å². The van der Waals surface area contributed by atoms with Crippen LogP contribution in [-0.2, 0) is 0 Å². The zero-order chi connectivity index (χ0) is 18.7. The number of hydrogen-bond acceptors (Lipinski definition) is 7. The Morgan fingerprint density at radius 1 is 1.31 bits per heavy atom. The van der Waals surface area contributed by atoms with Gasteiger partial charge >= 0.3 is 0 Å². The molecule has 4 N–H and O–H groups in total. The summed E-state index contributed by atoms with van der Waals surface area (Å²) in [5, 5.41) is 14.0. The van der Waals surface area contributed by atoms with Gasteiger partial charge in [-0.2, -0.15) is 0 Å². The number of hydrazine groups is 1. The molecule has 8 nitrogen and oxygen atoms in total. The molecular weight excluding hydrogens is 402 g/mol. The highest BCUT2D eigenvalue weighted by atomic mass is 79.9. The van der Waals surface area contributed by atoms with Gasteiger partial charge in [-0.05, 0) is 42.0 Å². The summed E-state index contributed by atoms with van der Waals surface area (Å²) in [4.78, 5) is 14.9. The van der Waals surface area contributed by atoms with Gasteiger partial charge in [-0.25, -0.2) is 10.8 Å². The van der Waals surface area contributed by atoms with Gasteiger partial charge in [-0.15, -0.1) is 0 Å². The van der Waals surface area contributed by atoms with Gasteiger partial charge in [-0.1, -0.05) is 15.9 Å². The molecule has 0 radical (unpaired) electrons. The molecule has 1 heterocycles. The van der Waals surface area contributed by atoms with Crippen LogP contribution < -0.4 is 21.3 Å². The van der Waals surface area contributed by atoms with Crippen molar-refractivity contribution in [3.63, 3.8) is 0 Å². The zero-order valence-electron chi connectivity index (χ0n) is 13.8. The smallest absolute Gasteiger partial charge is 0.269 e. The van der Waals surface area contributed by atoms with Crippen LogP contribution in [0, 0.1) is 10.1 Å². The minimum Gasteiger partial charge on any atom is -0.496 e. The van der Waals surface area contributed by atoms with Crippen molar-refractivity contribution in [1.29, 1.82) is 0 Å². The average Bonchev–Trinajstić information content (AvgIpc) is 2.67. The first-order chi connectivity index (χ1) is 12.5. The fraction of sp³-hybridized carbons (Fsp3) is 0.118. The van der Waals surface area contributed by atoms with Crippen molar-refractivity contribution >= 4 is 33.3 Å². The first-order valence-corrected chi connectivity index (χ1v) is 8.42. The number of benzene rings is 2. The van der Waals surface area contributed by atoms with Crippen LogP contribution in [0.2, 0.25) is 0 Å². The van der Waals surface area contributed by atoms with Crippen LogP contribution in [0.1, 0.15) is 17.2 Å². The SMILES string of the molecule is COc1ccc(Br)cc1C1=CC(c2ccc([N+](=O)[O-])cc2)N=C(NN)N1. The van der Waals surface area contributed by atoms with Crippen molar-refractivity contribution < 1.29 is 9.66 Å². The zero-order valence-corrected chi connectivity index (χ0v) is 15.4. The van der Waals surface area contributed by atoms with Gasteiger partial charge in [0.2, 0.25) is 5.96 Å². The van der Waals surface area contributed by atoms with E-state index in [1.807, 2.05) is 24.3 Å². The molecule has 0 amide bonds. The predicted molar refractivity (Wildman–Crippen MR) is 102 cm³/mol. The quantitative estimate of drug-likeness (QED) is 0.400. The average molecular weight is 418 g/mol. The molecule has 0 saturated carbocycles. The maximum atomic E-state index is 10.8. The van der Waals surface area contributed by atoms with E-state index in [0.29, 0.717) is 11.7 Å². The maximum absolute atomic E-state index is 10.8. The number of ether oxygens (including phenoxy) is 1. The second kappa shape index (κ2) is 7.54. The summed E-state index contributed by atoms with van der Waals surface area (Å²) in [6.07, 6.45) is 1.91. The standard InChI is InChI=1S/C17H16BrN5O3/c1-26-16-7-4-11(18)8-13(16)15-9-14(20-17(21-15)22-19)10-2-5-12(6-3-10)23(24)25/h2-9,14H,19H2,1H3,(H2,20,21,22). The maximum Gasteiger partial charge on any atom is 0.269 e. The summed E-state index contributed by atoms with van der Waals surface area (Å²) in [6, 6.07) is 11.6. The van der Waals surface area contributed by atoms with Crippen molar-refractivity contribution in [3.05, 3.63) is 74.3 Å². The first-order valence-electron chi connectivity index (χ1n) is 7.63. The third-order valence-electron chi connectivity index (χ3n) is 3.88. The number of methoxy groups -OCH3 is 1. The number of nitro groups is 1. The largest absolute Gasteiger partial charge is 0.496 e. The summed E-state index contributed by atoms with van der Waals surface area (Å²) in [7, 11) is 1.60. The van der Waals surface area contributed by atoms with Crippen LogP contribution in [0.25, 0.3) is 5.70 Å². The van der Waals surface area contributed by atoms with Crippen LogP contribution in [0.5, 0.6) is 5.75 Å². The van der Waals surface area contributed by atoms with Crippen LogP contribution in [0.15, 0.2) is 58.0 Å². The van der Waals surface area contributed by atoms with Crippen molar-refractivity contribution in [2.24, 2.45) is 10.8 Å². The lowest BCUT2D eigenvalue weighted by Gasteiger charge is -2.23. The van der Waals surface area contributed by atoms with Gasteiger partial charge in [0.1, 0.15) is 5.75 Å². The van der Waals surface area contributed by atoms with Crippen molar-refractivity contribution in [2.45, 2.75) is 6.04 Å². The highest BCUT2D eigenvalue weighted by molar-refractivity contribution is 9.10. The number of rotatable bonds is 4. The number of nitrogens with two attached hydrogens (primary N) is 1. The van der Waals surface area contributed by atoms with Gasteiger partial charge in [0, 0.05) is 22.2 Å². The third-order valence-corrected chi connectivity index (χ3v) is 4.37. The number of aliphatic imine (C=N–C) groups is 1. The molecule has 1 aliphatic heterocycles. The summed E-state index contributed by atoms with van der Waals surface area (Å²) < 4.78 is 6.33. The van der Waals surface area contributed by atoms with Crippen LogP contribution in [-0.4, -0.2) is 18.0 Å². The van der Waals surface area contributed by atoms with Crippen molar-refractivity contribution in [2.75, 3.05) is 7.11 Å². The molecular formula is C17H16BrN5O3. The number of halogens is 1. The predicted octanol–water partition coefficient (Wildman–Crippen LogP) is 2.87. The highest BCUT2D eigenvalue weighted by Crippen LogP contribution is 2.33. The van der Waals surface area contributed by atoms with E-state index < -0.39 is 4.92 Å². The second-order valence-electron chi connectivity index (χ2n) is 5.47. The molecule has 1 aliphatic rings. The molecule has 0 fully saturated rings. The lowest BCUT2D eigenvalue weighted by molar-refractivity contribution is -0.384. The molecule has 2 aromatic rings. The first kappa shape index (κ1) is 17.9. The molecule has 3 rings (SSSR count). The van der Waals surface area contributed by atoms with Crippen molar-refractivity contribution in [3.8, 4) is 5.75 Å². The summed E-state index contributed by atoms with van der Waals surface area (Å²) in [6.45, 7) is 0. The van der Waals surface area contributed by atoms with Gasteiger partial charge < -0.3 is 10.1 Å². The number of nitrogens with one attached hydrogen (secondary N) is 2. The Balaban J connectivity index is 2.02. The molecule has 134 valence electrons. The summed E-state index contributed by atoms with van der Waals surface area (Å²) >= 11 is 3.46. The molecule has 1 unspecified atom stereocenters. The lowest BCUT2D eigenvalue weighted by atomic mass is 10.0. The van der Waals surface area contributed by atoms with E-state index in [-0.39, 0.29) is 11.7 Å². The monoisotopic (exact) mass is 417 g/mol. The second-order valence-corrected chi connectivity index (χ2v) is 6.38. The van der Waals surface area contributed by atoms with Crippen LogP contribution in [0.3, 0.4) is 0 Å². The number of hydrogen-bond donors (Lipinski definition) is 3. The molecule has 0 bridgehead atoms. The van der Waals surface area contributed by atoms with Gasteiger partial charge in [0.05, 0.1) is 23.8 Å². The number of nitrogens with zero attached hydrogens (tertiary/aromatic N) is 2. The fourth-order valence-electron chi connectivity index (χ4n) is 2.62. The molecule has 0 saturated heterocycles. The van der Waals surface area contributed by atoms with Crippen molar-refractivity contribution in [1.82, 2.24) is 10.7 Å². The fourth-order valence-corrected chi connectivity index (χ4v) is 2.98. The Morgan fingerprint density at radius 2 is 2.04 bits per heavy atom. The normalized spacial score (nSPS) is 16.2. The minimum absolute atomic E-state index is 0.0294. The Bertz CT molecular complexity index is 896. The number of non-ortho nitro benzene ring substituents is 1. The molecule has 1 atom stereocenters. The summed E-state index contributed by atoms with van der Waals surface area (Å²) in [5.74, 6) is 6.62. The van der Waals surface area contributed by atoms with Gasteiger partial charge in [-0.3, -0.25) is 15.5 Å². The molecule has 26 heavy (non-hydrogen) atoms. The molecule has 2 aromatic carbocycles. The van der Waals surface area contributed by atoms with Crippen LogP contribution >= 0.6 is 15.9 Å². The Hall–Kier alpha value is -2.91. The van der Waals surface area contributed by atoms with E-state index in [0.717, 1.165) is 21.3 Å². The van der Waals surface area contributed by atoms with Crippen LogP contribution in [0.4, 0.5) is 5.69 Å². The molecule has 9 heteroatoms. The molecule has 0 aromatic heterocycles. The number of nitro benzene ring substituents is 1. The molecule has 0 spiro atoms. The van der Waals surface area contributed by atoms with E-state index in [2.05, 4.69) is 31.7 Å². The highest BCUT2D eigenvalue weighted by Gasteiger charge is 2.20. The molecule has 0 aliphatic carbocycles. The minimum atomic E-state index is -0.435. The van der Waals surface area contributed by atoms with E-state index in [4.69, 9.17) is 10.6 Å². The Labute approximate surface area is 158 Å². The topological polar surface area (TPSA) is 115 Å². The lowest BCUT2D eigenvalue weighted by Crippen LogP contribution is -2.42. The number of guanidine groups is 1.